The van der Waals surface area contributed by atoms with Crippen LogP contribution in [0.5, 0.6) is 0 Å². The van der Waals surface area contributed by atoms with Crippen molar-refractivity contribution in [3.63, 3.8) is 0 Å². The number of likely N-dealkylation sites (tertiary alicyclic amines) is 1. The Kier molecular flexibility index (Phi) is 6.43. The lowest BCUT2D eigenvalue weighted by molar-refractivity contribution is -0.149. The van der Waals surface area contributed by atoms with Crippen molar-refractivity contribution < 1.29 is 23.1 Å². The third-order valence-electron chi connectivity index (χ3n) is 5.45. The van der Waals surface area contributed by atoms with Crippen LogP contribution in [0.15, 0.2) is 34.1 Å². The van der Waals surface area contributed by atoms with Gasteiger partial charge < -0.3 is 14.2 Å². The summed E-state index contributed by atoms with van der Waals surface area (Å²) in [7, 11) is 0. The van der Waals surface area contributed by atoms with Crippen LogP contribution in [0.4, 0.5) is 8.78 Å². The highest BCUT2D eigenvalue weighted by Crippen LogP contribution is 2.35. The normalized spacial score (nSPS) is 16.6. The Morgan fingerprint density at radius 2 is 2.06 bits per heavy atom. The van der Waals surface area contributed by atoms with Crippen molar-refractivity contribution in [3.05, 3.63) is 57.0 Å². The number of ether oxygens (including phenoxy) is 1. The van der Waals surface area contributed by atoms with Gasteiger partial charge in [0.25, 0.3) is 5.91 Å². The number of aromatic nitrogens is 1. The molecular weight excluding hydrogens is 490 g/mol. The van der Waals surface area contributed by atoms with Gasteiger partial charge >= 0.3 is 5.97 Å². The van der Waals surface area contributed by atoms with Crippen molar-refractivity contribution in [3.8, 4) is 0 Å². The summed E-state index contributed by atoms with van der Waals surface area (Å²) in [6.45, 7) is 3.15. The fourth-order valence-corrected chi connectivity index (χ4v) is 5.66. The minimum Gasteiger partial charge on any atom is -0.466 e. The number of fused-ring (bicyclic) bond motifs is 1. The molecule has 1 amide bonds. The van der Waals surface area contributed by atoms with Crippen molar-refractivity contribution >= 4 is 49.4 Å². The first-order chi connectivity index (χ1) is 14.9. The van der Waals surface area contributed by atoms with Gasteiger partial charge in [-0.05, 0) is 59.5 Å². The second kappa shape index (κ2) is 9.08. The summed E-state index contributed by atoms with van der Waals surface area (Å²) < 4.78 is 35.8. The van der Waals surface area contributed by atoms with E-state index in [1.807, 2.05) is 16.0 Å². The van der Waals surface area contributed by atoms with E-state index in [1.165, 1.54) is 17.4 Å². The van der Waals surface area contributed by atoms with E-state index in [0.29, 0.717) is 37.4 Å². The molecule has 1 saturated heterocycles. The molecule has 31 heavy (non-hydrogen) atoms. The molecule has 5 nitrogen and oxygen atoms in total. The molecule has 1 aliphatic heterocycles. The molecule has 9 heteroatoms. The number of piperidine rings is 1. The summed E-state index contributed by atoms with van der Waals surface area (Å²) in [5.41, 5.74) is 1.83. The minimum absolute atomic E-state index is 0.188. The zero-order valence-electron chi connectivity index (χ0n) is 16.9. The number of rotatable bonds is 5. The van der Waals surface area contributed by atoms with Crippen LogP contribution in [-0.4, -0.2) is 41.0 Å². The molecule has 2 aromatic heterocycles. The molecule has 1 atom stereocenters. The number of hydrogen-bond acceptors (Lipinski definition) is 4. The minimum atomic E-state index is -0.925. The molecule has 0 saturated carbocycles. The predicted octanol–water partition coefficient (Wildman–Crippen LogP) is 5.21. The second-order valence-corrected chi connectivity index (χ2v) is 9.27. The molecule has 0 radical (unpaired) electrons. The number of amides is 1. The molecule has 0 unspecified atom stereocenters. The SMILES string of the molecule is CCOC(=O)[C@H]1CCCN(C(=O)c2cc3scc(Br)c3n2Cc2ccc(F)c(F)c2)C1. The van der Waals surface area contributed by atoms with Gasteiger partial charge in [-0.3, -0.25) is 9.59 Å². The molecule has 1 aromatic carbocycles. The number of halogens is 3. The molecular formula is C22H21BrF2N2O3S. The van der Waals surface area contributed by atoms with Crippen LogP contribution in [0.3, 0.4) is 0 Å². The van der Waals surface area contributed by atoms with Crippen LogP contribution in [0, 0.1) is 17.6 Å². The topological polar surface area (TPSA) is 51.5 Å². The highest BCUT2D eigenvalue weighted by Gasteiger charge is 2.31. The number of carbonyl (C=O) groups is 2. The van der Waals surface area contributed by atoms with Gasteiger partial charge in [-0.25, -0.2) is 8.78 Å². The average molecular weight is 511 g/mol. The average Bonchev–Trinajstić information content (AvgIpc) is 3.30. The van der Waals surface area contributed by atoms with Gasteiger partial charge in [-0.2, -0.15) is 0 Å². The van der Waals surface area contributed by atoms with Gasteiger partial charge in [-0.15, -0.1) is 11.3 Å². The summed E-state index contributed by atoms with van der Waals surface area (Å²) in [4.78, 5) is 27.3. The summed E-state index contributed by atoms with van der Waals surface area (Å²) in [6, 6.07) is 5.56. The molecule has 1 aliphatic rings. The zero-order chi connectivity index (χ0) is 22.1. The Hall–Kier alpha value is -2.26. The van der Waals surface area contributed by atoms with Crippen molar-refractivity contribution in [2.24, 2.45) is 5.92 Å². The maximum absolute atomic E-state index is 13.8. The first-order valence-electron chi connectivity index (χ1n) is 10.0. The highest BCUT2D eigenvalue weighted by atomic mass is 79.9. The smallest absolute Gasteiger partial charge is 0.310 e. The molecule has 0 N–H and O–H groups in total. The van der Waals surface area contributed by atoms with Gasteiger partial charge in [0, 0.05) is 25.0 Å². The number of hydrogen-bond donors (Lipinski definition) is 0. The van der Waals surface area contributed by atoms with Gasteiger partial charge in [0.15, 0.2) is 11.6 Å². The lowest BCUT2D eigenvalue weighted by atomic mass is 9.98. The van der Waals surface area contributed by atoms with Crippen molar-refractivity contribution in [1.82, 2.24) is 9.47 Å². The van der Waals surface area contributed by atoms with Crippen molar-refractivity contribution in [1.29, 1.82) is 0 Å². The van der Waals surface area contributed by atoms with Crippen LogP contribution in [0.2, 0.25) is 0 Å². The maximum Gasteiger partial charge on any atom is 0.310 e. The second-order valence-electron chi connectivity index (χ2n) is 7.50. The van der Waals surface area contributed by atoms with E-state index in [-0.39, 0.29) is 24.3 Å². The molecule has 0 spiro atoms. The Morgan fingerprint density at radius 3 is 2.81 bits per heavy atom. The largest absolute Gasteiger partial charge is 0.466 e. The van der Waals surface area contributed by atoms with Crippen LogP contribution in [0.1, 0.15) is 35.8 Å². The third-order valence-corrected chi connectivity index (χ3v) is 7.28. The fourth-order valence-electron chi connectivity index (χ4n) is 3.97. The van der Waals surface area contributed by atoms with Crippen LogP contribution in [0.25, 0.3) is 10.2 Å². The Morgan fingerprint density at radius 1 is 1.26 bits per heavy atom. The Bertz CT molecular complexity index is 1140. The summed E-state index contributed by atoms with van der Waals surface area (Å²) >= 11 is 5.03. The van der Waals surface area contributed by atoms with E-state index in [0.717, 1.165) is 33.2 Å². The van der Waals surface area contributed by atoms with Crippen molar-refractivity contribution in [2.45, 2.75) is 26.3 Å². The summed E-state index contributed by atoms with van der Waals surface area (Å²) in [6.07, 6.45) is 1.41. The van der Waals surface area contributed by atoms with Crippen molar-refractivity contribution in [2.75, 3.05) is 19.7 Å². The molecule has 1 fully saturated rings. The van der Waals surface area contributed by atoms with Gasteiger partial charge in [0.05, 0.1) is 27.2 Å². The third kappa shape index (κ3) is 4.39. The molecule has 3 aromatic rings. The highest BCUT2D eigenvalue weighted by molar-refractivity contribution is 9.10. The van der Waals surface area contributed by atoms with Crippen LogP contribution >= 0.6 is 27.3 Å². The van der Waals surface area contributed by atoms with Gasteiger partial charge in [0.2, 0.25) is 0 Å². The van der Waals surface area contributed by atoms with Gasteiger partial charge in [0.1, 0.15) is 5.69 Å². The first-order valence-corrected chi connectivity index (χ1v) is 11.7. The maximum atomic E-state index is 13.8. The lowest BCUT2D eigenvalue weighted by Gasteiger charge is -2.31. The number of benzene rings is 1. The fraction of sp³-hybridized carbons (Fsp3) is 0.364. The quantitative estimate of drug-likeness (QED) is 0.443. The molecule has 3 heterocycles. The van der Waals surface area contributed by atoms with E-state index in [9.17, 15) is 18.4 Å². The molecule has 164 valence electrons. The van der Waals surface area contributed by atoms with E-state index >= 15 is 0 Å². The number of nitrogens with zero attached hydrogens (tertiary/aromatic N) is 2. The van der Waals surface area contributed by atoms with Crippen LogP contribution < -0.4 is 0 Å². The van der Waals surface area contributed by atoms with E-state index < -0.39 is 11.6 Å². The molecule has 0 aliphatic carbocycles. The van der Waals surface area contributed by atoms with Crippen LogP contribution in [-0.2, 0) is 16.1 Å². The van der Waals surface area contributed by atoms with E-state index in [2.05, 4.69) is 15.9 Å². The lowest BCUT2D eigenvalue weighted by Crippen LogP contribution is -2.43. The zero-order valence-corrected chi connectivity index (χ0v) is 19.3. The van der Waals surface area contributed by atoms with Gasteiger partial charge in [-0.1, -0.05) is 6.07 Å². The number of thiophene rings is 1. The predicted molar refractivity (Wildman–Crippen MR) is 118 cm³/mol. The monoisotopic (exact) mass is 510 g/mol. The molecule has 4 rings (SSSR count). The molecule has 0 bridgehead atoms. The Balaban J connectivity index is 1.67. The van der Waals surface area contributed by atoms with E-state index in [4.69, 9.17) is 4.74 Å². The Labute approximate surface area is 190 Å². The summed E-state index contributed by atoms with van der Waals surface area (Å²) in [5, 5.41) is 1.93. The van der Waals surface area contributed by atoms with E-state index in [1.54, 1.807) is 11.8 Å². The standard InChI is InChI=1S/C22H21BrF2N2O3S/c1-2-30-22(29)14-4-3-7-26(11-14)21(28)18-9-19-20(15(23)12-31-19)27(18)10-13-5-6-16(24)17(25)8-13/h5-6,8-9,12,14H,2-4,7,10-11H2,1H3/t14-/m0/s1. The first kappa shape index (κ1) is 22.0. The number of esters is 1. The summed E-state index contributed by atoms with van der Waals surface area (Å²) in [5.74, 6) is -2.63. The number of carbonyl (C=O) groups excluding carboxylic acids is 2.